The largest absolute Gasteiger partial charge is 0.372 e. The van der Waals surface area contributed by atoms with Gasteiger partial charge in [0.1, 0.15) is 6.29 Å². The molecule has 1 saturated heterocycles. The average Bonchev–Trinajstić information content (AvgIpc) is 2.97. The number of carbonyl (C=O) groups excluding carboxylic acids is 2. The monoisotopic (exact) mass is 507 g/mol. The fourth-order valence-electron chi connectivity index (χ4n) is 4.54. The summed E-state index contributed by atoms with van der Waals surface area (Å²) in [5.74, 6) is 0.611. The van der Waals surface area contributed by atoms with Gasteiger partial charge in [-0.1, -0.05) is 42.5 Å². The summed E-state index contributed by atoms with van der Waals surface area (Å²) in [5, 5.41) is 3.06. The summed E-state index contributed by atoms with van der Waals surface area (Å²) in [7, 11) is 0. The molecule has 0 unspecified atom stereocenters. The Bertz CT molecular complexity index is 1380. The zero-order valence-corrected chi connectivity index (χ0v) is 21.4. The Morgan fingerprint density at radius 2 is 1.76 bits per heavy atom. The Kier molecular flexibility index (Phi) is 7.96. The van der Waals surface area contributed by atoms with Crippen LogP contribution in [0.25, 0.3) is 11.3 Å². The van der Waals surface area contributed by atoms with Gasteiger partial charge in [-0.3, -0.25) is 14.6 Å². The Morgan fingerprint density at radius 1 is 0.919 bits per heavy atom. The number of rotatable bonds is 8. The molecule has 0 aliphatic carbocycles. The maximum atomic E-state index is 13.1. The molecule has 37 heavy (non-hydrogen) atoms. The molecule has 1 aromatic heterocycles. The van der Waals surface area contributed by atoms with E-state index in [-0.39, 0.29) is 5.91 Å². The third-order valence-electron chi connectivity index (χ3n) is 6.51. The van der Waals surface area contributed by atoms with Crippen LogP contribution in [-0.2, 0) is 5.75 Å². The van der Waals surface area contributed by atoms with E-state index in [0.717, 1.165) is 47.0 Å². The van der Waals surface area contributed by atoms with E-state index in [2.05, 4.69) is 57.7 Å². The van der Waals surface area contributed by atoms with E-state index < -0.39 is 0 Å². The van der Waals surface area contributed by atoms with Crippen LogP contribution < -0.4 is 10.2 Å². The zero-order chi connectivity index (χ0) is 25.5. The molecule has 1 fully saturated rings. The van der Waals surface area contributed by atoms with Crippen molar-refractivity contribution in [2.75, 3.05) is 23.3 Å². The maximum absolute atomic E-state index is 13.1. The first kappa shape index (κ1) is 24.8. The number of aromatic nitrogens is 1. The molecule has 0 atom stereocenters. The van der Waals surface area contributed by atoms with Crippen molar-refractivity contribution in [3.63, 3.8) is 0 Å². The molecule has 1 N–H and O–H groups in total. The van der Waals surface area contributed by atoms with Gasteiger partial charge in [0.25, 0.3) is 5.91 Å². The van der Waals surface area contributed by atoms with E-state index in [1.807, 2.05) is 24.4 Å². The maximum Gasteiger partial charge on any atom is 0.255 e. The van der Waals surface area contributed by atoms with Crippen molar-refractivity contribution < 1.29 is 9.59 Å². The zero-order valence-electron chi connectivity index (χ0n) is 20.6. The molecule has 0 spiro atoms. The lowest BCUT2D eigenvalue weighted by Gasteiger charge is -2.29. The first-order chi connectivity index (χ1) is 18.2. The van der Waals surface area contributed by atoms with E-state index in [1.54, 1.807) is 36.0 Å². The topological polar surface area (TPSA) is 62.3 Å². The molecule has 1 amide bonds. The van der Waals surface area contributed by atoms with Gasteiger partial charge in [0.05, 0.1) is 11.4 Å². The van der Waals surface area contributed by atoms with Gasteiger partial charge in [0.15, 0.2) is 0 Å². The molecule has 4 aromatic rings. The van der Waals surface area contributed by atoms with Crippen molar-refractivity contribution in [3.05, 3.63) is 108 Å². The van der Waals surface area contributed by atoms with Gasteiger partial charge in [0.2, 0.25) is 0 Å². The van der Waals surface area contributed by atoms with Crippen LogP contribution in [0, 0.1) is 0 Å². The molecule has 2 heterocycles. The number of anilines is 2. The second-order valence-electron chi connectivity index (χ2n) is 9.13. The number of nitrogens with one attached hydrogen (secondary N) is 1. The van der Waals surface area contributed by atoms with Gasteiger partial charge in [-0.2, -0.15) is 0 Å². The summed E-state index contributed by atoms with van der Waals surface area (Å²) in [5.41, 5.74) is 5.70. The third kappa shape index (κ3) is 6.27. The van der Waals surface area contributed by atoms with Crippen LogP contribution in [0.15, 0.2) is 96.0 Å². The minimum atomic E-state index is -0.259. The quantitative estimate of drug-likeness (QED) is 0.204. The van der Waals surface area contributed by atoms with Crippen LogP contribution in [0.3, 0.4) is 0 Å². The summed E-state index contributed by atoms with van der Waals surface area (Å²) >= 11 is 1.76. The molecule has 5 nitrogen and oxygen atoms in total. The summed E-state index contributed by atoms with van der Waals surface area (Å²) < 4.78 is 0. The SMILES string of the molecule is O=Cc1cccc(C(=O)Nc2ccc(N3CCCCC3)cc2-c2cc(SCc3ccccc3)ccn2)c1. The van der Waals surface area contributed by atoms with Crippen LogP contribution in [0.2, 0.25) is 0 Å². The molecule has 5 rings (SSSR count). The van der Waals surface area contributed by atoms with Crippen molar-refractivity contribution in [3.8, 4) is 11.3 Å². The van der Waals surface area contributed by atoms with Crippen molar-refractivity contribution in [1.29, 1.82) is 0 Å². The number of benzene rings is 3. The third-order valence-corrected chi connectivity index (χ3v) is 7.58. The molecule has 0 radical (unpaired) electrons. The molecule has 3 aromatic carbocycles. The lowest BCUT2D eigenvalue weighted by molar-refractivity contribution is 0.102. The van der Waals surface area contributed by atoms with Crippen LogP contribution in [0.5, 0.6) is 0 Å². The molecule has 6 heteroatoms. The smallest absolute Gasteiger partial charge is 0.255 e. The van der Waals surface area contributed by atoms with Gasteiger partial charge in [-0.15, -0.1) is 11.8 Å². The number of hydrogen-bond acceptors (Lipinski definition) is 5. The minimum absolute atomic E-state index is 0.259. The highest BCUT2D eigenvalue weighted by Crippen LogP contribution is 2.34. The van der Waals surface area contributed by atoms with Crippen LogP contribution >= 0.6 is 11.8 Å². The Morgan fingerprint density at radius 3 is 2.57 bits per heavy atom. The number of thioether (sulfide) groups is 1. The van der Waals surface area contributed by atoms with Gasteiger partial charge < -0.3 is 10.2 Å². The summed E-state index contributed by atoms with van der Waals surface area (Å²) in [6.07, 6.45) is 6.21. The van der Waals surface area contributed by atoms with Crippen LogP contribution in [0.4, 0.5) is 11.4 Å². The van der Waals surface area contributed by atoms with Crippen LogP contribution in [-0.4, -0.2) is 30.3 Å². The van der Waals surface area contributed by atoms with Crippen molar-refractivity contribution in [1.82, 2.24) is 4.98 Å². The fourth-order valence-corrected chi connectivity index (χ4v) is 5.42. The molecule has 1 aliphatic rings. The van der Waals surface area contributed by atoms with E-state index in [0.29, 0.717) is 16.8 Å². The number of pyridine rings is 1. The highest BCUT2D eigenvalue weighted by Gasteiger charge is 2.17. The van der Waals surface area contributed by atoms with Crippen molar-refractivity contribution in [2.24, 2.45) is 0 Å². The van der Waals surface area contributed by atoms with Gasteiger partial charge in [0, 0.05) is 52.3 Å². The predicted molar refractivity (Wildman–Crippen MR) is 152 cm³/mol. The first-order valence-electron chi connectivity index (χ1n) is 12.6. The normalized spacial score (nSPS) is 13.2. The fraction of sp³-hybridized carbons (Fsp3) is 0.194. The second kappa shape index (κ2) is 11.9. The van der Waals surface area contributed by atoms with Crippen molar-refractivity contribution >= 4 is 35.3 Å². The molecule has 0 bridgehead atoms. The second-order valence-corrected chi connectivity index (χ2v) is 10.2. The lowest BCUT2D eigenvalue weighted by Crippen LogP contribution is -2.29. The van der Waals surface area contributed by atoms with E-state index >= 15 is 0 Å². The molecular formula is C31H29N3O2S. The number of piperidine rings is 1. The first-order valence-corrected chi connectivity index (χ1v) is 13.6. The predicted octanol–water partition coefficient (Wildman–Crippen LogP) is 7.10. The number of nitrogens with zero attached hydrogens (tertiary/aromatic N) is 2. The van der Waals surface area contributed by atoms with Crippen molar-refractivity contribution in [2.45, 2.75) is 29.9 Å². The summed E-state index contributed by atoms with van der Waals surface area (Å²) in [6.45, 7) is 2.06. The minimum Gasteiger partial charge on any atom is -0.372 e. The number of amides is 1. The Labute approximate surface area is 221 Å². The molecule has 1 aliphatic heterocycles. The molecule has 0 saturated carbocycles. The summed E-state index contributed by atoms with van der Waals surface area (Å²) in [4.78, 5) is 32.5. The van der Waals surface area contributed by atoms with Gasteiger partial charge in [-0.25, -0.2) is 0 Å². The van der Waals surface area contributed by atoms with Gasteiger partial charge in [-0.05, 0) is 67.3 Å². The van der Waals surface area contributed by atoms with E-state index in [9.17, 15) is 9.59 Å². The molecular weight excluding hydrogens is 478 g/mol. The van der Waals surface area contributed by atoms with Crippen LogP contribution in [0.1, 0.15) is 45.5 Å². The number of hydrogen-bond donors (Lipinski definition) is 1. The van der Waals surface area contributed by atoms with Gasteiger partial charge >= 0.3 is 0 Å². The summed E-state index contributed by atoms with van der Waals surface area (Å²) in [6, 6.07) is 27.4. The Hall–Kier alpha value is -3.90. The van der Waals surface area contributed by atoms with E-state index in [1.165, 1.54) is 24.8 Å². The number of aldehydes is 1. The Balaban J connectivity index is 1.46. The highest BCUT2D eigenvalue weighted by molar-refractivity contribution is 7.98. The average molecular weight is 508 g/mol. The van der Waals surface area contributed by atoms with E-state index in [4.69, 9.17) is 0 Å². The lowest BCUT2D eigenvalue weighted by atomic mass is 10.0. The standard InChI is InChI=1S/C31H29N3O2S/c35-21-24-10-7-11-25(18-24)31(36)33-29-13-12-26(34-16-5-2-6-17-34)19-28(29)30-20-27(14-15-32-30)37-22-23-8-3-1-4-9-23/h1,3-4,7-15,18-21H,2,5-6,16-17,22H2,(H,33,36). The molecule has 186 valence electrons. The highest BCUT2D eigenvalue weighted by atomic mass is 32.2. The number of carbonyl (C=O) groups is 2.